The lowest BCUT2D eigenvalue weighted by atomic mass is 9.98. The van der Waals surface area contributed by atoms with E-state index < -0.39 is 5.97 Å². The lowest BCUT2D eigenvalue weighted by Gasteiger charge is -2.15. The summed E-state index contributed by atoms with van der Waals surface area (Å²) >= 11 is 0. The second-order valence-corrected chi connectivity index (χ2v) is 11.9. The highest BCUT2D eigenvalue weighted by Crippen LogP contribution is 2.31. The van der Waals surface area contributed by atoms with E-state index in [1.54, 1.807) is 46.7 Å². The lowest BCUT2D eigenvalue weighted by Crippen LogP contribution is -2.26. The van der Waals surface area contributed by atoms with E-state index in [1.807, 2.05) is 79.7 Å². The van der Waals surface area contributed by atoms with Gasteiger partial charge in [0, 0.05) is 38.9 Å². The number of methoxy groups -OCH3 is 1. The van der Waals surface area contributed by atoms with Gasteiger partial charge in [-0.2, -0.15) is 4.68 Å². The first kappa shape index (κ1) is 34.0. The van der Waals surface area contributed by atoms with Crippen LogP contribution in [0.2, 0.25) is 0 Å². The molecular formula is C38H39N7O5. The van der Waals surface area contributed by atoms with Gasteiger partial charge in [-0.3, -0.25) is 9.36 Å². The van der Waals surface area contributed by atoms with E-state index in [0.29, 0.717) is 41.0 Å². The van der Waals surface area contributed by atoms with Crippen LogP contribution in [0, 0.1) is 0 Å². The van der Waals surface area contributed by atoms with Gasteiger partial charge in [-0.15, -0.1) is 5.10 Å². The molecule has 0 aliphatic rings. The molecule has 0 amide bonds. The Hall–Kier alpha value is -5.88. The highest BCUT2D eigenvalue weighted by molar-refractivity contribution is 5.89. The molecule has 0 unspecified atom stereocenters. The van der Waals surface area contributed by atoms with Crippen molar-refractivity contribution >= 4 is 22.6 Å². The molecule has 6 rings (SSSR count). The number of carbonyl (C=O) groups is 1. The number of carbonyl (C=O) groups excluding carboxylic acids is 1. The zero-order valence-electron chi connectivity index (χ0n) is 28.6. The molecule has 0 saturated heterocycles. The average molecular weight is 674 g/mol. The van der Waals surface area contributed by atoms with Gasteiger partial charge < -0.3 is 19.1 Å². The van der Waals surface area contributed by atoms with E-state index in [0.717, 1.165) is 40.2 Å². The number of nitrogens with zero attached hydrogens (tertiary/aromatic N) is 7. The van der Waals surface area contributed by atoms with Gasteiger partial charge in [-0.25, -0.2) is 9.78 Å². The summed E-state index contributed by atoms with van der Waals surface area (Å²) in [4.78, 5) is 33.2. The number of tetrazole rings is 1. The molecule has 2 heterocycles. The molecular weight excluding hydrogens is 634 g/mol. The number of hydrogen-bond acceptors (Lipinski definition) is 10. The fourth-order valence-electron chi connectivity index (χ4n) is 5.70. The van der Waals surface area contributed by atoms with Crippen molar-refractivity contribution in [2.24, 2.45) is 0 Å². The normalized spacial score (nSPS) is 11.1. The summed E-state index contributed by atoms with van der Waals surface area (Å²) in [5.74, 6) is 1.41. The number of anilines is 1. The van der Waals surface area contributed by atoms with Crippen LogP contribution in [0.25, 0.3) is 33.4 Å². The van der Waals surface area contributed by atoms with Crippen molar-refractivity contribution in [1.29, 1.82) is 0 Å². The number of hydrogen-bond donors (Lipinski definition) is 0. The Morgan fingerprint density at radius 2 is 1.66 bits per heavy atom. The zero-order chi connectivity index (χ0) is 35.0. The van der Waals surface area contributed by atoms with Gasteiger partial charge in [0.1, 0.15) is 31.5 Å². The number of ether oxygens (including phenoxy) is 3. The van der Waals surface area contributed by atoms with E-state index in [2.05, 4.69) is 22.4 Å². The molecule has 0 spiro atoms. The fourth-order valence-corrected chi connectivity index (χ4v) is 5.70. The molecule has 0 aliphatic carbocycles. The van der Waals surface area contributed by atoms with Gasteiger partial charge in [0.25, 0.3) is 5.56 Å². The second-order valence-electron chi connectivity index (χ2n) is 11.9. The van der Waals surface area contributed by atoms with Crippen molar-refractivity contribution in [3.8, 4) is 28.3 Å². The summed E-state index contributed by atoms with van der Waals surface area (Å²) in [6, 6.07) is 28.5. The van der Waals surface area contributed by atoms with Gasteiger partial charge in [-0.05, 0) is 76.0 Å². The number of fused-ring (bicyclic) bond motifs is 1. The molecule has 50 heavy (non-hydrogen) atoms. The predicted molar refractivity (Wildman–Crippen MR) is 191 cm³/mol. The topological polar surface area (TPSA) is 126 Å². The van der Waals surface area contributed by atoms with Gasteiger partial charge in [0.15, 0.2) is 5.82 Å². The van der Waals surface area contributed by atoms with Gasteiger partial charge in [0.05, 0.1) is 23.0 Å². The first-order chi connectivity index (χ1) is 24.4. The Balaban J connectivity index is 1.17. The van der Waals surface area contributed by atoms with E-state index >= 15 is 0 Å². The van der Waals surface area contributed by atoms with E-state index in [-0.39, 0.29) is 25.5 Å². The Morgan fingerprint density at radius 1 is 0.900 bits per heavy atom. The summed E-state index contributed by atoms with van der Waals surface area (Å²) in [7, 11) is 5.47. The smallest absolute Gasteiger partial charge is 0.338 e. The molecule has 12 nitrogen and oxygen atoms in total. The van der Waals surface area contributed by atoms with Gasteiger partial charge in [0.2, 0.25) is 0 Å². The molecule has 4 aromatic carbocycles. The number of esters is 1. The van der Waals surface area contributed by atoms with E-state index in [9.17, 15) is 9.59 Å². The largest absolute Gasteiger partial charge is 0.490 e. The molecule has 0 N–H and O–H groups in total. The first-order valence-electron chi connectivity index (χ1n) is 16.4. The van der Waals surface area contributed by atoms with Gasteiger partial charge >= 0.3 is 5.97 Å². The average Bonchev–Trinajstić information content (AvgIpc) is 3.60. The van der Waals surface area contributed by atoms with Crippen LogP contribution in [0.1, 0.15) is 35.1 Å². The van der Waals surface area contributed by atoms with Crippen LogP contribution >= 0.6 is 0 Å². The third kappa shape index (κ3) is 7.55. The van der Waals surface area contributed by atoms with Crippen molar-refractivity contribution < 1.29 is 19.0 Å². The molecule has 0 saturated carbocycles. The van der Waals surface area contributed by atoms with Crippen molar-refractivity contribution in [2.45, 2.75) is 33.0 Å². The summed E-state index contributed by atoms with van der Waals surface area (Å²) in [5, 5.41) is 12.6. The standard InChI is InChI=1S/C38H39N7O5/c1-5-8-35-39-34-20-19-30(49-21-22-50-38(47)28-15-17-29(18-16-28)43(2)3)23-33(34)37(46)44(35)24-26-11-13-27(14-12-26)31-9-6-7-10-32(31)36-40-41-42-45(36)25-48-4/h6-7,9-20,23H,5,8,21-22,24-25H2,1-4H3. The predicted octanol–water partition coefficient (Wildman–Crippen LogP) is 5.62. The van der Waals surface area contributed by atoms with Crippen LogP contribution in [0.4, 0.5) is 5.69 Å². The summed E-state index contributed by atoms with van der Waals surface area (Å²) < 4.78 is 19.9. The molecule has 0 aliphatic heterocycles. The van der Waals surface area contributed by atoms with Crippen LogP contribution in [0.3, 0.4) is 0 Å². The first-order valence-corrected chi connectivity index (χ1v) is 16.4. The quantitative estimate of drug-likeness (QED) is 0.106. The monoisotopic (exact) mass is 673 g/mol. The Morgan fingerprint density at radius 3 is 2.38 bits per heavy atom. The lowest BCUT2D eigenvalue weighted by molar-refractivity contribution is 0.0450. The molecule has 6 aromatic rings. The van der Waals surface area contributed by atoms with Crippen LogP contribution in [0.15, 0.2) is 95.8 Å². The molecule has 0 fully saturated rings. The minimum atomic E-state index is -0.422. The number of rotatable bonds is 14. The minimum Gasteiger partial charge on any atom is -0.490 e. The highest BCUT2D eigenvalue weighted by atomic mass is 16.6. The van der Waals surface area contributed by atoms with Crippen LogP contribution in [-0.2, 0) is 29.2 Å². The zero-order valence-corrected chi connectivity index (χ0v) is 28.6. The maximum atomic E-state index is 13.9. The van der Waals surface area contributed by atoms with Crippen molar-refractivity contribution in [3.05, 3.63) is 118 Å². The molecule has 12 heteroatoms. The van der Waals surface area contributed by atoms with Crippen molar-refractivity contribution in [3.63, 3.8) is 0 Å². The second kappa shape index (κ2) is 15.6. The molecule has 0 atom stereocenters. The SMILES string of the molecule is CCCc1nc2ccc(OCCOC(=O)c3ccc(N(C)C)cc3)cc2c(=O)n1Cc1ccc(-c2ccccc2-c2nnnn2COC)cc1. The summed E-state index contributed by atoms with van der Waals surface area (Å²) in [6.07, 6.45) is 1.50. The third-order valence-electron chi connectivity index (χ3n) is 8.24. The van der Waals surface area contributed by atoms with Crippen LogP contribution in [0.5, 0.6) is 5.75 Å². The Labute approximate surface area is 289 Å². The van der Waals surface area contributed by atoms with E-state index in [1.165, 1.54) is 0 Å². The number of aromatic nitrogens is 6. The maximum absolute atomic E-state index is 13.9. The molecule has 0 bridgehead atoms. The summed E-state index contributed by atoms with van der Waals surface area (Å²) in [6.45, 7) is 2.87. The summed E-state index contributed by atoms with van der Waals surface area (Å²) in [5.41, 5.74) is 5.73. The Bertz CT molecular complexity index is 2140. The highest BCUT2D eigenvalue weighted by Gasteiger charge is 2.16. The molecule has 2 aromatic heterocycles. The van der Waals surface area contributed by atoms with Crippen LogP contribution in [-0.4, -0.2) is 70.1 Å². The Kier molecular flexibility index (Phi) is 10.6. The van der Waals surface area contributed by atoms with Gasteiger partial charge in [-0.1, -0.05) is 55.5 Å². The maximum Gasteiger partial charge on any atom is 0.338 e. The van der Waals surface area contributed by atoms with Crippen LogP contribution < -0.4 is 15.2 Å². The van der Waals surface area contributed by atoms with E-state index in [4.69, 9.17) is 19.2 Å². The minimum absolute atomic E-state index is 0.0644. The fraction of sp³-hybridized carbons (Fsp3) is 0.263. The van der Waals surface area contributed by atoms with Crippen molar-refractivity contribution in [1.82, 2.24) is 29.8 Å². The molecule has 0 radical (unpaired) electrons. The van der Waals surface area contributed by atoms with Crippen molar-refractivity contribution in [2.75, 3.05) is 39.3 Å². The molecule has 256 valence electrons. The number of aryl methyl sites for hydroxylation is 1. The number of benzene rings is 4. The third-order valence-corrected chi connectivity index (χ3v) is 8.24.